The first-order chi connectivity index (χ1) is 19.1. The molecule has 5 aromatic rings. The van der Waals surface area contributed by atoms with Crippen LogP contribution in [-0.4, -0.2) is 36.6 Å². The second kappa shape index (κ2) is 11.8. The Labute approximate surface area is 228 Å². The van der Waals surface area contributed by atoms with E-state index >= 15 is 0 Å². The maximum atomic E-state index is 13.4. The summed E-state index contributed by atoms with van der Waals surface area (Å²) in [5.41, 5.74) is 4.11. The monoisotopic (exact) mass is 517 g/mol. The summed E-state index contributed by atoms with van der Waals surface area (Å²) in [6, 6.07) is 37.2. The van der Waals surface area contributed by atoms with Gasteiger partial charge in [-0.25, -0.2) is 4.79 Å². The zero-order valence-corrected chi connectivity index (χ0v) is 21.8. The van der Waals surface area contributed by atoms with Crippen LogP contribution in [0.3, 0.4) is 0 Å². The molecule has 1 aromatic heterocycles. The number of carbonyl (C=O) groups is 2. The van der Waals surface area contributed by atoms with E-state index in [9.17, 15) is 9.59 Å². The molecule has 1 atom stereocenters. The fourth-order valence-corrected chi connectivity index (χ4v) is 5.18. The third-order valence-electron chi connectivity index (χ3n) is 7.05. The number of ether oxygens (including phenoxy) is 1. The minimum Gasteiger partial charge on any atom is -0.467 e. The lowest BCUT2D eigenvalue weighted by Gasteiger charge is -2.37. The van der Waals surface area contributed by atoms with Gasteiger partial charge in [0.15, 0.2) is 0 Å². The van der Waals surface area contributed by atoms with E-state index in [0.29, 0.717) is 6.42 Å². The summed E-state index contributed by atoms with van der Waals surface area (Å²) in [6.45, 7) is -0.0277. The summed E-state index contributed by atoms with van der Waals surface area (Å²) in [5.74, 6) is -0.800. The number of rotatable bonds is 10. The second-order valence-corrected chi connectivity index (χ2v) is 9.41. The quantitative estimate of drug-likeness (QED) is 0.181. The molecular formula is C33H31N3O3. The molecule has 0 unspecified atom stereocenters. The van der Waals surface area contributed by atoms with Crippen molar-refractivity contribution in [3.63, 3.8) is 0 Å². The van der Waals surface area contributed by atoms with Crippen molar-refractivity contribution in [3.05, 3.63) is 144 Å². The molecule has 0 radical (unpaired) electrons. The predicted octanol–water partition coefficient (Wildman–Crippen LogP) is 4.95. The minimum atomic E-state index is -0.830. The number of aromatic nitrogens is 1. The van der Waals surface area contributed by atoms with Crippen LogP contribution in [0.15, 0.2) is 121 Å². The first-order valence-corrected chi connectivity index (χ1v) is 13.0. The van der Waals surface area contributed by atoms with Crippen LogP contribution in [0.25, 0.3) is 10.9 Å². The summed E-state index contributed by atoms with van der Waals surface area (Å²) in [4.78, 5) is 29.4. The fraction of sp³-hybridized carbons (Fsp3) is 0.152. The van der Waals surface area contributed by atoms with Crippen molar-refractivity contribution in [3.8, 4) is 0 Å². The smallest absolute Gasteiger partial charge is 0.328 e. The van der Waals surface area contributed by atoms with Gasteiger partial charge in [0.2, 0.25) is 5.91 Å². The summed E-state index contributed by atoms with van der Waals surface area (Å²) >= 11 is 0. The Morgan fingerprint density at radius 2 is 1.28 bits per heavy atom. The lowest BCUT2D eigenvalue weighted by molar-refractivity contribution is -0.145. The first-order valence-electron chi connectivity index (χ1n) is 13.0. The van der Waals surface area contributed by atoms with E-state index in [1.165, 1.54) is 7.11 Å². The predicted molar refractivity (Wildman–Crippen MR) is 153 cm³/mol. The van der Waals surface area contributed by atoms with Gasteiger partial charge in [-0.1, -0.05) is 109 Å². The van der Waals surface area contributed by atoms with E-state index in [-0.39, 0.29) is 12.5 Å². The molecule has 196 valence electrons. The Hall–Kier alpha value is -4.68. The van der Waals surface area contributed by atoms with Crippen LogP contribution in [0.2, 0.25) is 0 Å². The molecule has 39 heavy (non-hydrogen) atoms. The summed E-state index contributed by atoms with van der Waals surface area (Å²) < 4.78 is 5.04. The van der Waals surface area contributed by atoms with Crippen molar-refractivity contribution in [2.45, 2.75) is 18.0 Å². The van der Waals surface area contributed by atoms with Crippen molar-refractivity contribution in [2.75, 3.05) is 13.7 Å². The summed E-state index contributed by atoms with van der Waals surface area (Å²) in [5, 5.41) is 7.48. The molecule has 0 fully saturated rings. The number of carbonyl (C=O) groups excluding carboxylic acids is 2. The number of benzene rings is 4. The number of hydrogen-bond donors (Lipinski definition) is 3. The summed E-state index contributed by atoms with van der Waals surface area (Å²) in [6.07, 6.45) is 2.18. The van der Waals surface area contributed by atoms with E-state index in [2.05, 4.69) is 52.0 Å². The Bertz CT molecular complexity index is 1440. The molecule has 6 heteroatoms. The van der Waals surface area contributed by atoms with Crippen molar-refractivity contribution < 1.29 is 14.3 Å². The minimum absolute atomic E-state index is 0.0277. The van der Waals surface area contributed by atoms with Gasteiger partial charge in [-0.2, -0.15) is 0 Å². The molecule has 1 amide bonds. The number of hydrogen-bond acceptors (Lipinski definition) is 4. The van der Waals surface area contributed by atoms with Crippen molar-refractivity contribution in [1.29, 1.82) is 0 Å². The lowest BCUT2D eigenvalue weighted by Crippen LogP contribution is -2.51. The van der Waals surface area contributed by atoms with Gasteiger partial charge in [0.05, 0.1) is 19.2 Å². The van der Waals surface area contributed by atoms with E-state index in [0.717, 1.165) is 33.2 Å². The number of nitrogens with one attached hydrogen (secondary N) is 3. The van der Waals surface area contributed by atoms with Crippen LogP contribution >= 0.6 is 0 Å². The Balaban J connectivity index is 1.44. The number of methoxy groups -OCH3 is 1. The van der Waals surface area contributed by atoms with Gasteiger partial charge < -0.3 is 15.0 Å². The van der Waals surface area contributed by atoms with Crippen LogP contribution in [0.5, 0.6) is 0 Å². The second-order valence-electron chi connectivity index (χ2n) is 9.41. The first kappa shape index (κ1) is 25.9. The molecule has 1 heterocycles. The molecule has 0 spiro atoms. The van der Waals surface area contributed by atoms with Crippen LogP contribution in [0.1, 0.15) is 22.3 Å². The fourth-order valence-electron chi connectivity index (χ4n) is 5.18. The zero-order chi connectivity index (χ0) is 27.1. The van der Waals surface area contributed by atoms with E-state index in [1.54, 1.807) is 0 Å². The zero-order valence-electron chi connectivity index (χ0n) is 21.8. The molecule has 0 saturated heterocycles. The van der Waals surface area contributed by atoms with E-state index in [1.807, 2.05) is 85.1 Å². The third kappa shape index (κ3) is 5.47. The average molecular weight is 518 g/mol. The van der Waals surface area contributed by atoms with Crippen LogP contribution in [-0.2, 0) is 26.3 Å². The molecule has 4 aromatic carbocycles. The molecule has 0 aliphatic carbocycles. The van der Waals surface area contributed by atoms with Gasteiger partial charge in [-0.3, -0.25) is 10.1 Å². The Morgan fingerprint density at radius 1 is 0.769 bits per heavy atom. The molecule has 0 aliphatic rings. The third-order valence-corrected chi connectivity index (χ3v) is 7.05. The number of para-hydroxylation sites is 1. The largest absolute Gasteiger partial charge is 0.467 e. The van der Waals surface area contributed by atoms with Crippen LogP contribution in [0.4, 0.5) is 0 Å². The molecular weight excluding hydrogens is 486 g/mol. The SMILES string of the molecule is COC(=O)[C@H](Cc1c[nH]c2ccccc12)NC(=O)CNC(c1ccccc1)(c1ccccc1)c1ccccc1. The number of H-pyrrole nitrogens is 1. The number of aromatic amines is 1. The number of amides is 1. The maximum Gasteiger partial charge on any atom is 0.328 e. The topological polar surface area (TPSA) is 83.2 Å². The number of fused-ring (bicyclic) bond motifs is 1. The molecule has 6 nitrogen and oxygen atoms in total. The highest BCUT2D eigenvalue weighted by Crippen LogP contribution is 2.36. The van der Waals surface area contributed by atoms with Gasteiger partial charge >= 0.3 is 5.97 Å². The highest BCUT2D eigenvalue weighted by Gasteiger charge is 2.36. The highest BCUT2D eigenvalue weighted by atomic mass is 16.5. The standard InChI is InChI=1S/C33H31N3O3/c1-39-32(38)30(21-24-22-34-29-20-12-11-19-28(24)29)36-31(37)23-35-33(25-13-5-2-6-14-25,26-15-7-3-8-16-26)27-17-9-4-10-18-27/h2-20,22,30,34-35H,21,23H2,1H3,(H,36,37)/t30-/m0/s1. The van der Waals surface area contributed by atoms with Crippen molar-refractivity contribution >= 4 is 22.8 Å². The van der Waals surface area contributed by atoms with Crippen LogP contribution < -0.4 is 10.6 Å². The van der Waals surface area contributed by atoms with Gasteiger partial charge in [0, 0.05) is 23.5 Å². The highest BCUT2D eigenvalue weighted by molar-refractivity contribution is 5.88. The van der Waals surface area contributed by atoms with Crippen molar-refractivity contribution in [2.24, 2.45) is 0 Å². The van der Waals surface area contributed by atoms with Gasteiger partial charge in [-0.15, -0.1) is 0 Å². The molecule has 0 saturated carbocycles. The number of esters is 1. The van der Waals surface area contributed by atoms with Crippen LogP contribution in [0, 0.1) is 0 Å². The van der Waals surface area contributed by atoms with Gasteiger partial charge in [-0.05, 0) is 28.3 Å². The maximum absolute atomic E-state index is 13.4. The Kier molecular flexibility index (Phi) is 7.85. The Morgan fingerprint density at radius 3 is 1.82 bits per heavy atom. The average Bonchev–Trinajstić information content (AvgIpc) is 3.41. The van der Waals surface area contributed by atoms with E-state index < -0.39 is 17.6 Å². The van der Waals surface area contributed by atoms with Crippen molar-refractivity contribution in [1.82, 2.24) is 15.6 Å². The molecule has 3 N–H and O–H groups in total. The van der Waals surface area contributed by atoms with E-state index in [4.69, 9.17) is 4.74 Å². The molecule has 0 bridgehead atoms. The lowest BCUT2D eigenvalue weighted by atomic mass is 9.77. The normalized spacial score (nSPS) is 12.1. The summed E-state index contributed by atoms with van der Waals surface area (Å²) in [7, 11) is 1.33. The molecule has 0 aliphatic heterocycles. The molecule has 5 rings (SSSR count). The van der Waals surface area contributed by atoms with Gasteiger partial charge in [0.1, 0.15) is 6.04 Å². The van der Waals surface area contributed by atoms with Gasteiger partial charge in [0.25, 0.3) is 0 Å².